The molecule has 0 bridgehead atoms. The number of methoxy groups -OCH3 is 1. The lowest BCUT2D eigenvalue weighted by atomic mass is 9.74. The first-order valence-electron chi connectivity index (χ1n) is 8.61. The summed E-state index contributed by atoms with van der Waals surface area (Å²) in [6.07, 6.45) is 9.46. The van der Waals surface area contributed by atoms with Crippen molar-refractivity contribution in [3.05, 3.63) is 0 Å². The summed E-state index contributed by atoms with van der Waals surface area (Å²) in [7, 11) is 1.72. The molecule has 3 nitrogen and oxygen atoms in total. The zero-order valence-corrected chi connectivity index (χ0v) is 13.8. The fraction of sp³-hybridized carbons (Fsp3) is 1.00. The van der Waals surface area contributed by atoms with Crippen molar-refractivity contribution in [3.63, 3.8) is 0 Å². The van der Waals surface area contributed by atoms with Crippen molar-refractivity contribution in [2.75, 3.05) is 33.5 Å². The van der Waals surface area contributed by atoms with E-state index in [-0.39, 0.29) is 0 Å². The molecule has 0 aromatic rings. The van der Waals surface area contributed by atoms with Crippen molar-refractivity contribution >= 4 is 0 Å². The fourth-order valence-corrected chi connectivity index (χ4v) is 3.57. The molecule has 1 aliphatic rings. The summed E-state index contributed by atoms with van der Waals surface area (Å²) >= 11 is 0. The minimum atomic E-state index is 0.710. The van der Waals surface area contributed by atoms with Gasteiger partial charge in [0.25, 0.3) is 0 Å². The maximum atomic E-state index is 5.59. The molecular formula is C17H35NO2. The van der Waals surface area contributed by atoms with Crippen LogP contribution in [-0.4, -0.2) is 39.5 Å². The Morgan fingerprint density at radius 1 is 1.05 bits per heavy atom. The van der Waals surface area contributed by atoms with Crippen molar-refractivity contribution < 1.29 is 9.47 Å². The minimum absolute atomic E-state index is 0.710. The van der Waals surface area contributed by atoms with E-state index in [0.29, 0.717) is 6.61 Å². The van der Waals surface area contributed by atoms with E-state index in [4.69, 9.17) is 9.47 Å². The summed E-state index contributed by atoms with van der Waals surface area (Å²) in [6.45, 7) is 7.97. The Hall–Kier alpha value is -0.120. The van der Waals surface area contributed by atoms with E-state index in [1.54, 1.807) is 7.11 Å². The highest BCUT2D eigenvalue weighted by Gasteiger charge is 2.28. The Labute approximate surface area is 125 Å². The van der Waals surface area contributed by atoms with Gasteiger partial charge in [-0.2, -0.15) is 0 Å². The van der Waals surface area contributed by atoms with E-state index in [1.165, 1.54) is 44.9 Å². The van der Waals surface area contributed by atoms with Gasteiger partial charge in [-0.05, 0) is 50.5 Å². The molecule has 3 unspecified atom stereocenters. The van der Waals surface area contributed by atoms with E-state index >= 15 is 0 Å². The smallest absolute Gasteiger partial charge is 0.0700 e. The Morgan fingerprint density at radius 2 is 1.90 bits per heavy atom. The molecule has 0 aromatic heterocycles. The van der Waals surface area contributed by atoms with Gasteiger partial charge in [0, 0.05) is 19.8 Å². The summed E-state index contributed by atoms with van der Waals surface area (Å²) in [5.41, 5.74) is 0. The normalized spacial score (nSPS) is 26.9. The van der Waals surface area contributed by atoms with Crippen LogP contribution in [0.5, 0.6) is 0 Å². The Balaban J connectivity index is 2.24. The summed E-state index contributed by atoms with van der Waals surface area (Å²) in [6, 6.07) is 0.743. The monoisotopic (exact) mass is 285 g/mol. The van der Waals surface area contributed by atoms with E-state index in [9.17, 15) is 0 Å². The molecule has 0 heterocycles. The van der Waals surface area contributed by atoms with Crippen LogP contribution < -0.4 is 5.32 Å². The van der Waals surface area contributed by atoms with Gasteiger partial charge in [-0.3, -0.25) is 0 Å². The van der Waals surface area contributed by atoms with Crippen LogP contribution >= 0.6 is 0 Å². The lowest BCUT2D eigenvalue weighted by Gasteiger charge is -2.37. The molecule has 20 heavy (non-hydrogen) atoms. The molecule has 3 heteroatoms. The van der Waals surface area contributed by atoms with E-state index < -0.39 is 0 Å². The topological polar surface area (TPSA) is 30.5 Å². The predicted octanol–water partition coefficient (Wildman–Crippen LogP) is 3.62. The largest absolute Gasteiger partial charge is 0.382 e. The zero-order valence-electron chi connectivity index (χ0n) is 13.8. The van der Waals surface area contributed by atoms with E-state index in [2.05, 4.69) is 19.2 Å². The van der Waals surface area contributed by atoms with Gasteiger partial charge in [-0.25, -0.2) is 0 Å². The van der Waals surface area contributed by atoms with Gasteiger partial charge in [-0.1, -0.05) is 26.7 Å². The molecule has 3 atom stereocenters. The molecule has 0 aromatic carbocycles. The number of rotatable bonds is 11. The van der Waals surface area contributed by atoms with E-state index in [1.807, 2.05) is 0 Å². The summed E-state index contributed by atoms with van der Waals surface area (Å²) in [4.78, 5) is 0. The van der Waals surface area contributed by atoms with Crippen LogP contribution in [0.4, 0.5) is 0 Å². The van der Waals surface area contributed by atoms with Gasteiger partial charge in [0.2, 0.25) is 0 Å². The van der Waals surface area contributed by atoms with Crippen LogP contribution in [0.3, 0.4) is 0 Å². The molecule has 1 rings (SSSR count). The third kappa shape index (κ3) is 7.05. The summed E-state index contributed by atoms with van der Waals surface area (Å²) in [5.74, 6) is 1.82. The maximum Gasteiger partial charge on any atom is 0.0700 e. The first-order chi connectivity index (χ1) is 9.81. The Morgan fingerprint density at radius 3 is 2.60 bits per heavy atom. The fourth-order valence-electron chi connectivity index (χ4n) is 3.57. The molecular weight excluding hydrogens is 250 g/mol. The number of ether oxygens (including phenoxy) is 2. The molecule has 1 aliphatic carbocycles. The number of hydrogen-bond donors (Lipinski definition) is 1. The van der Waals surface area contributed by atoms with Crippen LogP contribution in [0, 0.1) is 11.8 Å². The highest BCUT2D eigenvalue weighted by Crippen LogP contribution is 2.34. The average molecular weight is 285 g/mol. The van der Waals surface area contributed by atoms with Crippen LogP contribution in [0.15, 0.2) is 0 Å². The van der Waals surface area contributed by atoms with E-state index in [0.717, 1.165) is 37.6 Å². The van der Waals surface area contributed by atoms with Gasteiger partial charge in [0.15, 0.2) is 0 Å². The third-order valence-corrected chi connectivity index (χ3v) is 4.55. The minimum Gasteiger partial charge on any atom is -0.382 e. The van der Waals surface area contributed by atoms with Crippen molar-refractivity contribution in [1.29, 1.82) is 0 Å². The second-order valence-corrected chi connectivity index (χ2v) is 6.14. The van der Waals surface area contributed by atoms with Crippen molar-refractivity contribution in [2.24, 2.45) is 11.8 Å². The average Bonchev–Trinajstić information content (AvgIpc) is 2.45. The highest BCUT2D eigenvalue weighted by molar-refractivity contribution is 4.84. The first-order valence-corrected chi connectivity index (χ1v) is 8.61. The van der Waals surface area contributed by atoms with Crippen molar-refractivity contribution in [2.45, 2.75) is 64.8 Å². The van der Waals surface area contributed by atoms with Gasteiger partial charge < -0.3 is 14.8 Å². The number of hydrogen-bond acceptors (Lipinski definition) is 3. The van der Waals surface area contributed by atoms with Crippen LogP contribution in [0.1, 0.15) is 58.8 Å². The maximum absolute atomic E-state index is 5.59. The Kier molecular flexibility index (Phi) is 10.3. The van der Waals surface area contributed by atoms with Crippen molar-refractivity contribution in [1.82, 2.24) is 5.32 Å². The molecule has 0 radical (unpaired) electrons. The predicted molar refractivity (Wildman–Crippen MR) is 85.1 cm³/mol. The molecule has 0 amide bonds. The van der Waals surface area contributed by atoms with Crippen LogP contribution in [0.25, 0.3) is 0 Å². The van der Waals surface area contributed by atoms with Gasteiger partial charge in [0.05, 0.1) is 13.2 Å². The molecule has 1 fully saturated rings. The van der Waals surface area contributed by atoms with Gasteiger partial charge >= 0.3 is 0 Å². The van der Waals surface area contributed by atoms with Crippen LogP contribution in [-0.2, 0) is 9.47 Å². The third-order valence-electron chi connectivity index (χ3n) is 4.55. The highest BCUT2D eigenvalue weighted by atomic mass is 16.5. The molecule has 0 spiro atoms. The second-order valence-electron chi connectivity index (χ2n) is 6.14. The lowest BCUT2D eigenvalue weighted by molar-refractivity contribution is 0.0642. The molecule has 1 saturated carbocycles. The van der Waals surface area contributed by atoms with Crippen molar-refractivity contribution in [3.8, 4) is 0 Å². The number of nitrogens with one attached hydrogen (secondary N) is 1. The van der Waals surface area contributed by atoms with Crippen LogP contribution in [0.2, 0.25) is 0 Å². The molecule has 120 valence electrons. The summed E-state index contributed by atoms with van der Waals surface area (Å²) in [5, 5.41) is 3.70. The zero-order chi connectivity index (χ0) is 14.6. The van der Waals surface area contributed by atoms with Gasteiger partial charge in [0.1, 0.15) is 0 Å². The quantitative estimate of drug-likeness (QED) is 0.588. The first kappa shape index (κ1) is 17.9. The molecule has 0 saturated heterocycles. The summed E-state index contributed by atoms with van der Waals surface area (Å²) < 4.78 is 10.6. The Bertz CT molecular complexity index is 223. The SMILES string of the molecule is CCCC1CCC(NCC)C(CCCOCCOC)C1. The molecule has 0 aliphatic heterocycles. The van der Waals surface area contributed by atoms with Gasteiger partial charge in [-0.15, -0.1) is 0 Å². The molecule has 1 N–H and O–H groups in total. The second kappa shape index (κ2) is 11.5. The lowest BCUT2D eigenvalue weighted by Crippen LogP contribution is -2.40. The standard InChI is InChI=1S/C17H35NO2/c1-4-7-15-9-10-17(18-5-2)16(14-15)8-6-11-20-13-12-19-3/h15-18H,4-14H2,1-3H3.